The predicted molar refractivity (Wildman–Crippen MR) is 59.0 cm³/mol. The summed E-state index contributed by atoms with van der Waals surface area (Å²) in [6.45, 7) is 4.00. The summed E-state index contributed by atoms with van der Waals surface area (Å²) in [6.07, 6.45) is 1.37. The Hall–Kier alpha value is -1.31. The first kappa shape index (κ1) is 10.2. The van der Waals surface area contributed by atoms with Gasteiger partial charge in [0.1, 0.15) is 5.75 Å². The molecule has 15 heavy (non-hydrogen) atoms. The molecule has 1 aliphatic rings. The summed E-state index contributed by atoms with van der Waals surface area (Å²) in [5.41, 5.74) is 1.15. The maximum absolute atomic E-state index is 11.9. The van der Waals surface area contributed by atoms with Crippen molar-refractivity contribution in [2.45, 2.75) is 32.8 Å². The minimum atomic E-state index is -0.252. The molecule has 1 aromatic carbocycles. The van der Waals surface area contributed by atoms with E-state index in [1.165, 1.54) is 0 Å². The largest absolute Gasteiger partial charge is 0.482 e. The van der Waals surface area contributed by atoms with Crippen LogP contribution < -0.4 is 4.74 Å². The molecule has 0 N–H and O–H groups in total. The van der Waals surface area contributed by atoms with E-state index in [0.29, 0.717) is 0 Å². The van der Waals surface area contributed by atoms with Crippen LogP contribution in [0.3, 0.4) is 0 Å². The molecule has 0 radical (unpaired) electrons. The van der Waals surface area contributed by atoms with Gasteiger partial charge in [-0.1, -0.05) is 32.0 Å². The van der Waals surface area contributed by atoms with Crippen LogP contribution in [0.1, 0.15) is 25.8 Å². The molecule has 0 bridgehead atoms. The third-order valence-electron chi connectivity index (χ3n) is 3.06. The smallest absolute Gasteiger partial charge is 0.176 e. The second-order valence-electron chi connectivity index (χ2n) is 4.13. The number of ketones is 1. The van der Waals surface area contributed by atoms with Gasteiger partial charge in [0.2, 0.25) is 0 Å². The van der Waals surface area contributed by atoms with Gasteiger partial charge in [-0.2, -0.15) is 0 Å². The van der Waals surface area contributed by atoms with Crippen molar-refractivity contribution < 1.29 is 9.53 Å². The highest BCUT2D eigenvalue weighted by molar-refractivity contribution is 5.86. The number of para-hydroxylation sites is 1. The zero-order valence-corrected chi connectivity index (χ0v) is 9.19. The summed E-state index contributed by atoms with van der Waals surface area (Å²) in [5, 5.41) is 0. The van der Waals surface area contributed by atoms with Crippen LogP contribution in [0.15, 0.2) is 24.3 Å². The topological polar surface area (TPSA) is 26.3 Å². The Kier molecular flexibility index (Phi) is 2.76. The first-order valence-electron chi connectivity index (χ1n) is 5.50. The molecule has 2 heteroatoms. The quantitative estimate of drug-likeness (QED) is 0.756. The Balaban J connectivity index is 2.10. The molecule has 80 valence electrons. The number of benzene rings is 1. The molecule has 0 aromatic heterocycles. The number of hydrogen-bond acceptors (Lipinski definition) is 2. The molecular weight excluding hydrogens is 188 g/mol. The SMILES string of the molecule is CCC(C)C(=O)C1Cc2ccccc2O1. The minimum absolute atomic E-state index is 0.101. The van der Waals surface area contributed by atoms with E-state index in [4.69, 9.17) is 4.74 Å². The molecule has 1 aromatic rings. The van der Waals surface area contributed by atoms with Crippen molar-refractivity contribution in [2.75, 3.05) is 0 Å². The van der Waals surface area contributed by atoms with Crippen molar-refractivity contribution in [2.24, 2.45) is 5.92 Å². The molecule has 2 rings (SSSR count). The fourth-order valence-electron chi connectivity index (χ4n) is 1.86. The molecule has 2 atom stereocenters. The highest BCUT2D eigenvalue weighted by Crippen LogP contribution is 2.29. The number of Topliss-reactive ketones (excluding diaryl/α,β-unsaturated/α-hetero) is 1. The van der Waals surface area contributed by atoms with E-state index in [2.05, 4.69) is 0 Å². The van der Waals surface area contributed by atoms with Crippen LogP contribution in [0.5, 0.6) is 5.75 Å². The molecule has 0 spiro atoms. The Morgan fingerprint density at radius 2 is 2.27 bits per heavy atom. The lowest BCUT2D eigenvalue weighted by Gasteiger charge is -2.13. The predicted octanol–water partition coefficient (Wildman–Crippen LogP) is 2.61. The molecular formula is C13H16O2. The van der Waals surface area contributed by atoms with E-state index in [1.807, 2.05) is 38.1 Å². The molecule has 0 fully saturated rings. The van der Waals surface area contributed by atoms with Crippen LogP contribution in [0, 0.1) is 5.92 Å². The van der Waals surface area contributed by atoms with Gasteiger partial charge in [-0.25, -0.2) is 0 Å². The maximum atomic E-state index is 11.9. The molecule has 2 nitrogen and oxygen atoms in total. The Morgan fingerprint density at radius 1 is 1.53 bits per heavy atom. The second-order valence-corrected chi connectivity index (χ2v) is 4.13. The van der Waals surface area contributed by atoms with E-state index < -0.39 is 0 Å². The monoisotopic (exact) mass is 204 g/mol. The highest BCUT2D eigenvalue weighted by atomic mass is 16.5. The van der Waals surface area contributed by atoms with Crippen molar-refractivity contribution in [1.82, 2.24) is 0 Å². The summed E-state index contributed by atoms with van der Waals surface area (Å²) >= 11 is 0. The average Bonchev–Trinajstić information content (AvgIpc) is 2.70. The molecule has 2 unspecified atom stereocenters. The van der Waals surface area contributed by atoms with Gasteiger partial charge in [0.15, 0.2) is 11.9 Å². The molecule has 0 saturated carbocycles. The van der Waals surface area contributed by atoms with Crippen molar-refractivity contribution in [3.63, 3.8) is 0 Å². The summed E-state index contributed by atoms with van der Waals surface area (Å²) in [4.78, 5) is 11.9. The van der Waals surface area contributed by atoms with Gasteiger partial charge in [0, 0.05) is 12.3 Å². The Bertz CT molecular complexity index is 346. The van der Waals surface area contributed by atoms with Gasteiger partial charge >= 0.3 is 0 Å². The van der Waals surface area contributed by atoms with Crippen molar-refractivity contribution >= 4 is 5.78 Å². The number of ether oxygens (including phenoxy) is 1. The lowest BCUT2D eigenvalue weighted by molar-refractivity contribution is -0.128. The lowest BCUT2D eigenvalue weighted by atomic mass is 9.96. The Labute approximate surface area is 90.3 Å². The number of fused-ring (bicyclic) bond motifs is 1. The summed E-state index contributed by atoms with van der Waals surface area (Å²) in [6, 6.07) is 7.88. The van der Waals surface area contributed by atoms with Crippen LogP contribution in [0.2, 0.25) is 0 Å². The first-order valence-corrected chi connectivity index (χ1v) is 5.50. The van der Waals surface area contributed by atoms with Gasteiger partial charge in [-0.05, 0) is 18.1 Å². The van der Waals surface area contributed by atoms with Gasteiger partial charge in [0.25, 0.3) is 0 Å². The number of carbonyl (C=O) groups excluding carboxylic acids is 1. The minimum Gasteiger partial charge on any atom is -0.482 e. The van der Waals surface area contributed by atoms with E-state index in [-0.39, 0.29) is 17.8 Å². The average molecular weight is 204 g/mol. The first-order chi connectivity index (χ1) is 7.22. The maximum Gasteiger partial charge on any atom is 0.176 e. The number of hydrogen-bond donors (Lipinski definition) is 0. The van der Waals surface area contributed by atoms with Crippen LogP contribution in [-0.4, -0.2) is 11.9 Å². The molecule has 0 amide bonds. The zero-order valence-electron chi connectivity index (χ0n) is 9.19. The third-order valence-corrected chi connectivity index (χ3v) is 3.06. The van der Waals surface area contributed by atoms with Gasteiger partial charge < -0.3 is 4.74 Å². The van der Waals surface area contributed by atoms with E-state index in [1.54, 1.807) is 0 Å². The lowest BCUT2D eigenvalue weighted by Crippen LogP contribution is -2.30. The van der Waals surface area contributed by atoms with Crippen LogP contribution in [0.4, 0.5) is 0 Å². The van der Waals surface area contributed by atoms with Crippen molar-refractivity contribution in [3.05, 3.63) is 29.8 Å². The second kappa shape index (κ2) is 4.05. The van der Waals surface area contributed by atoms with Gasteiger partial charge in [-0.15, -0.1) is 0 Å². The van der Waals surface area contributed by atoms with Crippen molar-refractivity contribution in [3.8, 4) is 5.75 Å². The fourth-order valence-corrected chi connectivity index (χ4v) is 1.86. The Morgan fingerprint density at radius 3 is 2.93 bits per heavy atom. The zero-order chi connectivity index (χ0) is 10.8. The van der Waals surface area contributed by atoms with E-state index in [0.717, 1.165) is 24.2 Å². The van der Waals surface area contributed by atoms with E-state index >= 15 is 0 Å². The van der Waals surface area contributed by atoms with Crippen LogP contribution in [-0.2, 0) is 11.2 Å². The van der Waals surface area contributed by atoms with Crippen molar-refractivity contribution in [1.29, 1.82) is 0 Å². The molecule has 0 aliphatic carbocycles. The normalized spacial score (nSPS) is 20.5. The summed E-state index contributed by atoms with van der Waals surface area (Å²) < 4.78 is 5.64. The third kappa shape index (κ3) is 1.89. The summed E-state index contributed by atoms with van der Waals surface area (Å²) in [7, 11) is 0. The van der Waals surface area contributed by atoms with Crippen LogP contribution in [0.25, 0.3) is 0 Å². The van der Waals surface area contributed by atoms with Crippen LogP contribution >= 0.6 is 0 Å². The summed E-state index contributed by atoms with van der Waals surface area (Å²) in [5.74, 6) is 1.21. The number of rotatable bonds is 3. The van der Waals surface area contributed by atoms with Gasteiger partial charge in [-0.3, -0.25) is 4.79 Å². The van der Waals surface area contributed by atoms with Gasteiger partial charge in [0.05, 0.1) is 0 Å². The molecule has 0 saturated heterocycles. The molecule has 1 heterocycles. The highest BCUT2D eigenvalue weighted by Gasteiger charge is 2.30. The number of carbonyl (C=O) groups is 1. The molecule has 1 aliphatic heterocycles. The fraction of sp³-hybridized carbons (Fsp3) is 0.462. The van der Waals surface area contributed by atoms with E-state index in [9.17, 15) is 4.79 Å². The standard InChI is InChI=1S/C13H16O2/c1-3-9(2)13(14)12-8-10-6-4-5-7-11(10)15-12/h4-7,9,12H,3,8H2,1-2H3.